The molecule has 0 atom stereocenters. The second-order valence-corrected chi connectivity index (χ2v) is 6.93. The van der Waals surface area contributed by atoms with Crippen molar-refractivity contribution in [1.29, 1.82) is 0 Å². The molecule has 1 N–H and O–H groups in total. The molecule has 0 bridgehead atoms. The van der Waals surface area contributed by atoms with Crippen LogP contribution in [0.1, 0.15) is 37.3 Å². The fourth-order valence-electron chi connectivity index (χ4n) is 3.81. The van der Waals surface area contributed by atoms with Gasteiger partial charge in [-0.05, 0) is 50.8 Å². The number of nitrogens with one attached hydrogen (secondary N) is 1. The van der Waals surface area contributed by atoms with Crippen LogP contribution in [0.3, 0.4) is 0 Å². The van der Waals surface area contributed by atoms with Crippen LogP contribution in [0, 0.1) is 6.92 Å². The second kappa shape index (κ2) is 7.35. The van der Waals surface area contributed by atoms with E-state index in [9.17, 15) is 4.79 Å². The van der Waals surface area contributed by atoms with E-state index in [0.29, 0.717) is 12.6 Å². The van der Waals surface area contributed by atoms with E-state index in [4.69, 9.17) is 0 Å². The van der Waals surface area contributed by atoms with Crippen molar-refractivity contribution < 1.29 is 4.79 Å². The molecule has 4 nitrogen and oxygen atoms in total. The summed E-state index contributed by atoms with van der Waals surface area (Å²) < 4.78 is 0. The molecule has 2 aliphatic rings. The third kappa shape index (κ3) is 4.05. The molecule has 0 unspecified atom stereocenters. The Morgan fingerprint density at radius 3 is 2.78 bits per heavy atom. The average molecular weight is 315 g/mol. The summed E-state index contributed by atoms with van der Waals surface area (Å²) in [4.78, 5) is 17.1. The smallest absolute Gasteiger partial charge is 0.239 e. The molecule has 1 aromatic carbocycles. The summed E-state index contributed by atoms with van der Waals surface area (Å²) in [5, 5.41) is 3.25. The Kier molecular flexibility index (Phi) is 5.21. The molecule has 126 valence electrons. The van der Waals surface area contributed by atoms with Crippen LogP contribution in [0.25, 0.3) is 0 Å². The fourth-order valence-corrected chi connectivity index (χ4v) is 3.81. The first-order chi connectivity index (χ1) is 11.2. The number of aryl methyl sites for hydroxylation is 2. The number of anilines is 1. The zero-order valence-corrected chi connectivity index (χ0v) is 14.5. The van der Waals surface area contributed by atoms with Gasteiger partial charge in [0, 0.05) is 31.4 Å². The zero-order chi connectivity index (χ0) is 16.2. The highest BCUT2D eigenvalue weighted by Crippen LogP contribution is 2.27. The van der Waals surface area contributed by atoms with Gasteiger partial charge in [-0.2, -0.15) is 0 Å². The molecule has 23 heavy (non-hydrogen) atoms. The Labute approximate surface area is 139 Å². The summed E-state index contributed by atoms with van der Waals surface area (Å²) in [6.07, 6.45) is 4.42. The van der Waals surface area contributed by atoms with Gasteiger partial charge in [0.25, 0.3) is 0 Å². The molecule has 1 aromatic rings. The highest BCUT2D eigenvalue weighted by Gasteiger charge is 2.22. The number of carbonyl (C=O) groups excluding carboxylic acids is 1. The monoisotopic (exact) mass is 315 g/mol. The van der Waals surface area contributed by atoms with E-state index in [1.54, 1.807) is 0 Å². The summed E-state index contributed by atoms with van der Waals surface area (Å²) in [7, 11) is 0. The van der Waals surface area contributed by atoms with Crippen molar-refractivity contribution in [3.05, 3.63) is 29.3 Å². The Balaban J connectivity index is 1.55. The lowest BCUT2D eigenvalue weighted by Crippen LogP contribution is -2.48. The minimum absolute atomic E-state index is 0.174. The van der Waals surface area contributed by atoms with Crippen molar-refractivity contribution in [2.45, 2.75) is 45.6 Å². The summed E-state index contributed by atoms with van der Waals surface area (Å²) in [6, 6.07) is 6.94. The van der Waals surface area contributed by atoms with Crippen LogP contribution in [-0.4, -0.2) is 49.6 Å². The first-order valence-corrected chi connectivity index (χ1v) is 9.02. The lowest BCUT2D eigenvalue weighted by Gasteiger charge is -2.34. The van der Waals surface area contributed by atoms with Crippen LogP contribution in [0.2, 0.25) is 0 Å². The third-order valence-electron chi connectivity index (χ3n) is 5.18. The SMILES string of the molecule is CCN1CCC(NC(=O)CN2CCCc3cc(C)ccc32)CC1. The van der Waals surface area contributed by atoms with E-state index < -0.39 is 0 Å². The molecule has 0 radical (unpaired) electrons. The quantitative estimate of drug-likeness (QED) is 0.926. The minimum Gasteiger partial charge on any atom is -0.362 e. The molecule has 2 aliphatic heterocycles. The normalized spacial score (nSPS) is 19.5. The molecule has 2 heterocycles. The standard InChI is InChI=1S/C19H29N3O/c1-3-21-11-8-17(9-12-21)20-19(23)14-22-10-4-5-16-13-15(2)6-7-18(16)22/h6-7,13,17H,3-5,8-12,14H2,1-2H3,(H,20,23). The topological polar surface area (TPSA) is 35.6 Å². The number of likely N-dealkylation sites (tertiary alicyclic amines) is 1. The van der Waals surface area contributed by atoms with Crippen LogP contribution in [0.15, 0.2) is 18.2 Å². The lowest BCUT2D eigenvalue weighted by molar-refractivity contribution is -0.120. The molecule has 0 aromatic heterocycles. The van der Waals surface area contributed by atoms with Gasteiger partial charge in [-0.3, -0.25) is 4.79 Å². The maximum Gasteiger partial charge on any atom is 0.239 e. The summed E-state index contributed by atoms with van der Waals surface area (Å²) in [5.41, 5.74) is 3.94. The number of nitrogens with zero attached hydrogens (tertiary/aromatic N) is 2. The van der Waals surface area contributed by atoms with Crippen LogP contribution >= 0.6 is 0 Å². The molecule has 1 amide bonds. The molecular weight excluding hydrogens is 286 g/mol. The number of fused-ring (bicyclic) bond motifs is 1. The first-order valence-electron chi connectivity index (χ1n) is 9.02. The van der Waals surface area contributed by atoms with Gasteiger partial charge in [0.05, 0.1) is 6.54 Å². The van der Waals surface area contributed by atoms with Gasteiger partial charge in [-0.1, -0.05) is 24.6 Å². The molecule has 1 fully saturated rings. The molecule has 0 aliphatic carbocycles. The van der Waals surface area contributed by atoms with Crippen LogP contribution in [0.4, 0.5) is 5.69 Å². The minimum atomic E-state index is 0.174. The van der Waals surface area contributed by atoms with E-state index in [-0.39, 0.29) is 5.91 Å². The number of rotatable bonds is 4. The molecule has 0 spiro atoms. The van der Waals surface area contributed by atoms with Crippen LogP contribution in [0.5, 0.6) is 0 Å². The molecule has 0 saturated carbocycles. The van der Waals surface area contributed by atoms with Crippen molar-refractivity contribution in [3.63, 3.8) is 0 Å². The van der Waals surface area contributed by atoms with E-state index in [1.807, 2.05) is 0 Å². The maximum atomic E-state index is 12.4. The molecule has 1 saturated heterocycles. The number of hydrogen-bond acceptors (Lipinski definition) is 3. The van der Waals surface area contributed by atoms with Gasteiger partial charge in [0.1, 0.15) is 0 Å². The van der Waals surface area contributed by atoms with E-state index >= 15 is 0 Å². The number of hydrogen-bond donors (Lipinski definition) is 1. The highest BCUT2D eigenvalue weighted by atomic mass is 16.2. The van der Waals surface area contributed by atoms with E-state index in [1.165, 1.54) is 16.8 Å². The Bertz CT molecular complexity index is 550. The zero-order valence-electron chi connectivity index (χ0n) is 14.5. The van der Waals surface area contributed by atoms with E-state index in [0.717, 1.165) is 51.9 Å². The number of carbonyl (C=O) groups is 1. The summed E-state index contributed by atoms with van der Waals surface area (Å²) >= 11 is 0. The molecule has 3 rings (SSSR count). The number of piperidine rings is 1. The van der Waals surface area contributed by atoms with Gasteiger partial charge in [0.15, 0.2) is 0 Å². The van der Waals surface area contributed by atoms with Gasteiger partial charge >= 0.3 is 0 Å². The fraction of sp³-hybridized carbons (Fsp3) is 0.632. The van der Waals surface area contributed by atoms with Gasteiger partial charge < -0.3 is 15.1 Å². The molecular formula is C19H29N3O. The molecule has 4 heteroatoms. The Morgan fingerprint density at radius 2 is 2.04 bits per heavy atom. The van der Waals surface area contributed by atoms with Crippen molar-refractivity contribution >= 4 is 11.6 Å². The predicted octanol–water partition coefficient (Wildman–Crippen LogP) is 2.35. The lowest BCUT2D eigenvalue weighted by atomic mass is 9.99. The first kappa shape index (κ1) is 16.3. The van der Waals surface area contributed by atoms with Crippen molar-refractivity contribution in [1.82, 2.24) is 10.2 Å². The third-order valence-corrected chi connectivity index (χ3v) is 5.18. The van der Waals surface area contributed by atoms with Crippen molar-refractivity contribution in [3.8, 4) is 0 Å². The van der Waals surface area contributed by atoms with Gasteiger partial charge in [-0.15, -0.1) is 0 Å². The van der Waals surface area contributed by atoms with Crippen LogP contribution < -0.4 is 10.2 Å². The Hall–Kier alpha value is -1.55. The predicted molar refractivity (Wildman–Crippen MR) is 95.0 cm³/mol. The van der Waals surface area contributed by atoms with Crippen LogP contribution in [-0.2, 0) is 11.2 Å². The highest BCUT2D eigenvalue weighted by molar-refractivity contribution is 5.82. The Morgan fingerprint density at radius 1 is 1.26 bits per heavy atom. The van der Waals surface area contributed by atoms with Crippen molar-refractivity contribution in [2.75, 3.05) is 37.6 Å². The number of benzene rings is 1. The number of amides is 1. The summed E-state index contributed by atoms with van der Waals surface area (Å²) in [6.45, 7) is 9.13. The van der Waals surface area contributed by atoms with Crippen molar-refractivity contribution in [2.24, 2.45) is 0 Å². The van der Waals surface area contributed by atoms with Gasteiger partial charge in [-0.25, -0.2) is 0 Å². The summed E-state index contributed by atoms with van der Waals surface area (Å²) in [5.74, 6) is 0.174. The second-order valence-electron chi connectivity index (χ2n) is 6.93. The largest absolute Gasteiger partial charge is 0.362 e. The van der Waals surface area contributed by atoms with E-state index in [2.05, 4.69) is 47.2 Å². The van der Waals surface area contributed by atoms with Gasteiger partial charge in [0.2, 0.25) is 5.91 Å². The average Bonchev–Trinajstić information content (AvgIpc) is 2.55. The maximum absolute atomic E-state index is 12.4.